The summed E-state index contributed by atoms with van der Waals surface area (Å²) >= 11 is 0. The summed E-state index contributed by atoms with van der Waals surface area (Å²) in [6.45, 7) is 6.77. The maximum absolute atomic E-state index is 12.7. The van der Waals surface area contributed by atoms with E-state index in [1.54, 1.807) is 31.2 Å². The quantitative estimate of drug-likeness (QED) is 0.908. The van der Waals surface area contributed by atoms with Gasteiger partial charge in [0.25, 0.3) is 5.91 Å². The average Bonchev–Trinajstić information content (AvgIpc) is 2.88. The molecule has 5 nitrogen and oxygen atoms in total. The number of amides is 1. The van der Waals surface area contributed by atoms with E-state index in [0.717, 1.165) is 0 Å². The van der Waals surface area contributed by atoms with Crippen LogP contribution >= 0.6 is 0 Å². The number of carboxylic acid groups (broad SMARTS) is 1. The Balaban J connectivity index is 2.19. The number of hydrogen-bond acceptors (Lipinski definition) is 3. The predicted molar refractivity (Wildman–Crippen MR) is 83.1 cm³/mol. The zero-order valence-corrected chi connectivity index (χ0v) is 13.3. The van der Waals surface area contributed by atoms with E-state index >= 15 is 0 Å². The van der Waals surface area contributed by atoms with Gasteiger partial charge in [-0.15, -0.1) is 0 Å². The highest BCUT2D eigenvalue weighted by Gasteiger charge is 2.46. The molecule has 1 fully saturated rings. The Morgan fingerprint density at radius 2 is 2.14 bits per heavy atom. The van der Waals surface area contributed by atoms with Gasteiger partial charge in [-0.1, -0.05) is 19.9 Å². The summed E-state index contributed by atoms with van der Waals surface area (Å²) < 4.78 is 5.63. The number of hydrogen-bond donors (Lipinski definition) is 1. The van der Waals surface area contributed by atoms with Crippen molar-refractivity contribution < 1.29 is 19.4 Å². The summed E-state index contributed by atoms with van der Waals surface area (Å²) in [5.74, 6) is -0.174. The van der Waals surface area contributed by atoms with Gasteiger partial charge in [0.05, 0.1) is 6.61 Å². The average molecular weight is 305 g/mol. The highest BCUT2D eigenvalue weighted by atomic mass is 16.5. The summed E-state index contributed by atoms with van der Waals surface area (Å²) in [5.41, 5.74) is -0.651. The van der Waals surface area contributed by atoms with Gasteiger partial charge in [-0.2, -0.15) is 0 Å². The van der Waals surface area contributed by atoms with Crippen molar-refractivity contribution in [3.05, 3.63) is 29.8 Å². The second-order valence-electron chi connectivity index (χ2n) is 6.37. The summed E-state index contributed by atoms with van der Waals surface area (Å²) in [7, 11) is 0. The highest BCUT2D eigenvalue weighted by Crippen LogP contribution is 2.31. The first-order valence-electron chi connectivity index (χ1n) is 7.63. The molecule has 0 aromatic heterocycles. The number of carboxylic acids is 1. The van der Waals surface area contributed by atoms with E-state index in [0.29, 0.717) is 43.2 Å². The van der Waals surface area contributed by atoms with Crippen LogP contribution in [0.15, 0.2) is 24.3 Å². The van der Waals surface area contributed by atoms with Gasteiger partial charge < -0.3 is 14.7 Å². The molecule has 0 aliphatic carbocycles. The molecule has 5 heteroatoms. The van der Waals surface area contributed by atoms with Crippen LogP contribution in [0.2, 0.25) is 0 Å². The highest BCUT2D eigenvalue weighted by molar-refractivity contribution is 5.98. The lowest BCUT2D eigenvalue weighted by atomic mass is 9.98. The third kappa shape index (κ3) is 3.24. The van der Waals surface area contributed by atoms with E-state index < -0.39 is 11.5 Å². The van der Waals surface area contributed by atoms with Crippen LogP contribution in [0.5, 0.6) is 5.75 Å². The smallest absolute Gasteiger partial charge is 0.329 e. The second kappa shape index (κ2) is 6.38. The molecule has 1 atom stereocenters. The van der Waals surface area contributed by atoms with Crippen LogP contribution in [0.25, 0.3) is 0 Å². The summed E-state index contributed by atoms with van der Waals surface area (Å²) in [5, 5.41) is 9.42. The molecule has 1 saturated heterocycles. The molecule has 1 amide bonds. The molecular weight excluding hydrogens is 282 g/mol. The first-order valence-corrected chi connectivity index (χ1v) is 7.63. The number of likely N-dealkylation sites (tertiary alicyclic amines) is 1. The summed E-state index contributed by atoms with van der Waals surface area (Å²) in [4.78, 5) is 25.6. The lowest BCUT2D eigenvalue weighted by Crippen LogP contribution is -2.50. The van der Waals surface area contributed by atoms with Crippen LogP contribution in [-0.4, -0.2) is 40.6 Å². The van der Waals surface area contributed by atoms with E-state index in [2.05, 4.69) is 13.8 Å². The minimum Gasteiger partial charge on any atom is -0.493 e. The van der Waals surface area contributed by atoms with Crippen LogP contribution in [0, 0.1) is 5.92 Å². The Hall–Kier alpha value is -2.04. The number of ether oxygens (including phenoxy) is 1. The lowest BCUT2D eigenvalue weighted by molar-refractivity contribution is -0.147. The van der Waals surface area contributed by atoms with Gasteiger partial charge in [-0.3, -0.25) is 4.79 Å². The molecule has 1 aliphatic rings. The molecule has 1 aromatic carbocycles. The molecule has 0 radical (unpaired) electrons. The fraction of sp³-hybridized carbons (Fsp3) is 0.529. The van der Waals surface area contributed by atoms with Crippen molar-refractivity contribution in [2.45, 2.75) is 39.2 Å². The molecule has 22 heavy (non-hydrogen) atoms. The third-order valence-corrected chi connectivity index (χ3v) is 4.01. The standard InChI is InChI=1S/C17H23NO4/c1-12(2)11-22-14-7-4-6-13(10-14)15(19)18-9-5-8-17(18,3)16(20)21/h4,6-7,10,12H,5,8-9,11H2,1-3H3,(H,20,21). The molecule has 1 unspecified atom stereocenters. The molecule has 0 spiro atoms. The minimum absolute atomic E-state index is 0.252. The first-order chi connectivity index (χ1) is 10.3. The summed E-state index contributed by atoms with van der Waals surface area (Å²) in [6.07, 6.45) is 1.19. The Bertz CT molecular complexity index is 570. The number of carbonyl (C=O) groups excluding carboxylic acids is 1. The Kier molecular flexibility index (Phi) is 4.74. The van der Waals surface area contributed by atoms with Gasteiger partial charge in [0, 0.05) is 12.1 Å². The molecule has 1 heterocycles. The van der Waals surface area contributed by atoms with E-state index in [1.165, 1.54) is 4.90 Å². The van der Waals surface area contributed by atoms with Crippen molar-refractivity contribution in [2.24, 2.45) is 5.92 Å². The van der Waals surface area contributed by atoms with Gasteiger partial charge in [0.2, 0.25) is 0 Å². The molecule has 1 aromatic rings. The number of benzene rings is 1. The number of rotatable bonds is 5. The number of nitrogens with zero attached hydrogens (tertiary/aromatic N) is 1. The van der Waals surface area contributed by atoms with Gasteiger partial charge in [0.1, 0.15) is 11.3 Å². The van der Waals surface area contributed by atoms with Gasteiger partial charge in [0.15, 0.2) is 0 Å². The zero-order chi connectivity index (χ0) is 16.3. The first kappa shape index (κ1) is 16.3. The fourth-order valence-corrected chi connectivity index (χ4v) is 2.65. The lowest BCUT2D eigenvalue weighted by Gasteiger charge is -2.31. The fourth-order valence-electron chi connectivity index (χ4n) is 2.65. The molecule has 1 aliphatic heterocycles. The maximum Gasteiger partial charge on any atom is 0.329 e. The maximum atomic E-state index is 12.7. The van der Waals surface area contributed by atoms with Crippen LogP contribution < -0.4 is 4.74 Å². The Labute approximate surface area is 130 Å². The predicted octanol–water partition coefficient (Wildman–Crippen LogP) is 2.80. The number of carbonyl (C=O) groups is 2. The van der Waals surface area contributed by atoms with E-state index in [1.807, 2.05) is 0 Å². The Morgan fingerprint density at radius 3 is 2.77 bits per heavy atom. The van der Waals surface area contributed by atoms with E-state index in [9.17, 15) is 14.7 Å². The van der Waals surface area contributed by atoms with Gasteiger partial charge >= 0.3 is 5.97 Å². The second-order valence-corrected chi connectivity index (χ2v) is 6.37. The molecule has 0 bridgehead atoms. The monoisotopic (exact) mass is 305 g/mol. The van der Waals surface area contributed by atoms with Crippen LogP contribution in [-0.2, 0) is 4.79 Å². The topological polar surface area (TPSA) is 66.8 Å². The zero-order valence-electron chi connectivity index (χ0n) is 13.3. The number of aliphatic carboxylic acids is 1. The van der Waals surface area contributed by atoms with Crippen molar-refractivity contribution in [3.8, 4) is 5.75 Å². The molecule has 1 N–H and O–H groups in total. The Morgan fingerprint density at radius 1 is 1.41 bits per heavy atom. The normalized spacial score (nSPS) is 21.2. The van der Waals surface area contributed by atoms with Crippen molar-refractivity contribution in [2.75, 3.05) is 13.2 Å². The van der Waals surface area contributed by atoms with Crippen LogP contribution in [0.1, 0.15) is 44.0 Å². The molecule has 0 saturated carbocycles. The van der Waals surface area contributed by atoms with Crippen molar-refractivity contribution >= 4 is 11.9 Å². The van der Waals surface area contributed by atoms with Crippen molar-refractivity contribution in [1.82, 2.24) is 4.90 Å². The largest absolute Gasteiger partial charge is 0.493 e. The van der Waals surface area contributed by atoms with Gasteiger partial charge in [-0.05, 0) is 43.9 Å². The van der Waals surface area contributed by atoms with E-state index in [4.69, 9.17) is 4.74 Å². The van der Waals surface area contributed by atoms with Crippen molar-refractivity contribution in [1.29, 1.82) is 0 Å². The molecule has 120 valence electrons. The van der Waals surface area contributed by atoms with Gasteiger partial charge in [-0.25, -0.2) is 4.79 Å². The van der Waals surface area contributed by atoms with E-state index in [-0.39, 0.29) is 5.91 Å². The van der Waals surface area contributed by atoms with Crippen molar-refractivity contribution in [3.63, 3.8) is 0 Å². The molecular formula is C17H23NO4. The molecule has 2 rings (SSSR count). The third-order valence-electron chi connectivity index (χ3n) is 4.01. The van der Waals surface area contributed by atoms with Crippen LogP contribution in [0.4, 0.5) is 0 Å². The van der Waals surface area contributed by atoms with Crippen LogP contribution in [0.3, 0.4) is 0 Å². The SMILES string of the molecule is CC(C)COc1cccc(C(=O)N2CCCC2(C)C(=O)O)c1. The summed E-state index contributed by atoms with van der Waals surface area (Å²) in [6, 6.07) is 6.95. The minimum atomic E-state index is -1.12.